The highest BCUT2D eigenvalue weighted by molar-refractivity contribution is 7.90. The monoisotopic (exact) mass is 246 g/mol. The Kier molecular flexibility index (Phi) is 3.58. The third-order valence-electron chi connectivity index (χ3n) is 1.92. The molecule has 2 N–H and O–H groups in total. The van der Waals surface area contributed by atoms with Crippen LogP contribution in [-0.2, 0) is 21.6 Å². The number of carbonyl (C=O) groups is 1. The van der Waals surface area contributed by atoms with Crippen LogP contribution in [-0.4, -0.2) is 37.6 Å². The first-order valence-electron chi connectivity index (χ1n) is 4.56. The Morgan fingerprint density at radius 1 is 1.56 bits per heavy atom. The molecule has 0 bridgehead atoms. The van der Waals surface area contributed by atoms with E-state index < -0.39 is 15.8 Å². The largest absolute Gasteiger partial charge is 0.460 e. The number of ether oxygens (including phenoxy) is 1. The Labute approximate surface area is 93.9 Å². The lowest BCUT2D eigenvalue weighted by molar-refractivity contribution is 0.0518. The van der Waals surface area contributed by atoms with Crippen LogP contribution < -0.4 is 5.73 Å². The van der Waals surface area contributed by atoms with Crippen molar-refractivity contribution in [2.24, 2.45) is 7.05 Å². The summed E-state index contributed by atoms with van der Waals surface area (Å²) in [5.74, 6) is -0.763. The van der Waals surface area contributed by atoms with Gasteiger partial charge in [-0.05, 0) is 6.07 Å². The van der Waals surface area contributed by atoms with Crippen LogP contribution in [0.5, 0.6) is 0 Å². The number of anilines is 1. The number of aromatic nitrogens is 1. The molecule has 1 heterocycles. The van der Waals surface area contributed by atoms with Crippen LogP contribution >= 0.6 is 0 Å². The first kappa shape index (κ1) is 12.6. The van der Waals surface area contributed by atoms with Crippen molar-refractivity contribution in [3.63, 3.8) is 0 Å². The standard InChI is InChI=1S/C9H14N2O4S/c1-11-6-7(10)5-8(11)9(12)15-3-4-16(2,13)14/h5-6H,3-4,10H2,1-2H3. The fourth-order valence-corrected chi connectivity index (χ4v) is 1.54. The maximum Gasteiger partial charge on any atom is 0.355 e. The number of nitrogen functional groups attached to an aromatic ring is 1. The quantitative estimate of drug-likeness (QED) is 0.743. The summed E-state index contributed by atoms with van der Waals surface area (Å²) in [5, 5.41) is 0. The molecule has 1 rings (SSSR count). The van der Waals surface area contributed by atoms with Gasteiger partial charge >= 0.3 is 5.97 Å². The van der Waals surface area contributed by atoms with Crippen LogP contribution in [0.15, 0.2) is 12.3 Å². The number of rotatable bonds is 4. The lowest BCUT2D eigenvalue weighted by Gasteiger charge is -2.04. The molecule has 0 unspecified atom stereocenters. The molecule has 0 amide bonds. The Bertz CT molecular complexity index is 490. The van der Waals surface area contributed by atoms with E-state index in [9.17, 15) is 13.2 Å². The third kappa shape index (κ3) is 3.58. The second-order valence-corrected chi connectivity index (χ2v) is 5.80. The summed E-state index contributed by atoms with van der Waals surface area (Å²) >= 11 is 0. The van der Waals surface area contributed by atoms with Crippen molar-refractivity contribution in [3.8, 4) is 0 Å². The minimum Gasteiger partial charge on any atom is -0.460 e. The van der Waals surface area contributed by atoms with Crippen molar-refractivity contribution in [2.75, 3.05) is 24.3 Å². The normalized spacial score (nSPS) is 11.4. The van der Waals surface area contributed by atoms with E-state index in [0.717, 1.165) is 6.26 Å². The van der Waals surface area contributed by atoms with Gasteiger partial charge in [-0.15, -0.1) is 0 Å². The molecule has 0 saturated heterocycles. The molecule has 6 nitrogen and oxygen atoms in total. The van der Waals surface area contributed by atoms with Crippen molar-refractivity contribution in [3.05, 3.63) is 18.0 Å². The van der Waals surface area contributed by atoms with Gasteiger partial charge in [0.15, 0.2) is 9.84 Å². The maximum absolute atomic E-state index is 11.5. The smallest absolute Gasteiger partial charge is 0.355 e. The van der Waals surface area contributed by atoms with Gasteiger partial charge in [-0.25, -0.2) is 13.2 Å². The first-order chi connectivity index (χ1) is 7.29. The molecule has 0 atom stereocenters. The number of hydrogen-bond donors (Lipinski definition) is 1. The number of nitrogens with two attached hydrogens (primary N) is 1. The highest BCUT2D eigenvalue weighted by Gasteiger charge is 2.13. The van der Waals surface area contributed by atoms with Crippen molar-refractivity contribution >= 4 is 21.5 Å². The number of hydrogen-bond acceptors (Lipinski definition) is 5. The fourth-order valence-electron chi connectivity index (χ4n) is 1.15. The fraction of sp³-hybridized carbons (Fsp3) is 0.444. The maximum atomic E-state index is 11.5. The summed E-state index contributed by atoms with van der Waals surface area (Å²) in [5.41, 5.74) is 6.24. The molecule has 0 radical (unpaired) electrons. The number of sulfone groups is 1. The Balaban J connectivity index is 2.57. The van der Waals surface area contributed by atoms with Crippen LogP contribution in [0, 0.1) is 0 Å². The molecule has 0 fully saturated rings. The Hall–Kier alpha value is -1.50. The minimum atomic E-state index is -3.12. The summed E-state index contributed by atoms with van der Waals surface area (Å²) in [6.45, 7) is -0.150. The lowest BCUT2D eigenvalue weighted by atomic mass is 10.4. The molecule has 0 saturated carbocycles. The molecule has 0 aliphatic rings. The zero-order valence-electron chi connectivity index (χ0n) is 9.13. The molecular formula is C9H14N2O4S. The molecule has 0 aliphatic carbocycles. The van der Waals surface area contributed by atoms with E-state index in [0.29, 0.717) is 11.4 Å². The topological polar surface area (TPSA) is 91.4 Å². The zero-order chi connectivity index (χ0) is 12.3. The van der Waals surface area contributed by atoms with Gasteiger partial charge in [0, 0.05) is 19.5 Å². The van der Waals surface area contributed by atoms with Gasteiger partial charge in [-0.1, -0.05) is 0 Å². The Morgan fingerprint density at radius 3 is 2.62 bits per heavy atom. The summed E-state index contributed by atoms with van der Waals surface area (Å²) in [6, 6.07) is 1.47. The highest BCUT2D eigenvalue weighted by Crippen LogP contribution is 2.09. The molecule has 16 heavy (non-hydrogen) atoms. The van der Waals surface area contributed by atoms with Gasteiger partial charge < -0.3 is 15.0 Å². The Morgan fingerprint density at radius 2 is 2.19 bits per heavy atom. The summed E-state index contributed by atoms with van der Waals surface area (Å²) in [6.07, 6.45) is 2.66. The van der Waals surface area contributed by atoms with Gasteiger partial charge in [-0.3, -0.25) is 0 Å². The average Bonchev–Trinajstić information content (AvgIpc) is 2.43. The summed E-state index contributed by atoms with van der Waals surface area (Å²) < 4.78 is 27.9. The van der Waals surface area contributed by atoms with Gasteiger partial charge in [-0.2, -0.15) is 0 Å². The van der Waals surface area contributed by atoms with Gasteiger partial charge in [0.05, 0.1) is 11.4 Å². The molecular weight excluding hydrogens is 232 g/mol. The van der Waals surface area contributed by atoms with E-state index >= 15 is 0 Å². The van der Waals surface area contributed by atoms with E-state index in [-0.39, 0.29) is 12.4 Å². The molecule has 1 aromatic rings. The van der Waals surface area contributed by atoms with Gasteiger partial charge in [0.25, 0.3) is 0 Å². The molecule has 1 aromatic heterocycles. The summed E-state index contributed by atoms with van der Waals surface area (Å²) in [4.78, 5) is 11.5. The second kappa shape index (κ2) is 4.56. The predicted octanol–water partition coefficient (Wildman–Crippen LogP) is -0.191. The van der Waals surface area contributed by atoms with Crippen LogP contribution in [0.1, 0.15) is 10.5 Å². The lowest BCUT2D eigenvalue weighted by Crippen LogP contribution is -2.16. The van der Waals surface area contributed by atoms with Crippen LogP contribution in [0.4, 0.5) is 5.69 Å². The number of aryl methyl sites for hydroxylation is 1. The number of carbonyl (C=O) groups excluding carboxylic acids is 1. The van der Waals surface area contributed by atoms with E-state index in [1.54, 1.807) is 13.2 Å². The second-order valence-electron chi connectivity index (χ2n) is 3.54. The van der Waals surface area contributed by atoms with Gasteiger partial charge in [0.2, 0.25) is 0 Å². The first-order valence-corrected chi connectivity index (χ1v) is 6.62. The third-order valence-corrected chi connectivity index (χ3v) is 2.83. The minimum absolute atomic E-state index is 0.150. The van der Waals surface area contributed by atoms with Gasteiger partial charge in [0.1, 0.15) is 12.3 Å². The molecule has 0 spiro atoms. The summed E-state index contributed by atoms with van der Waals surface area (Å²) in [7, 11) is -1.46. The van der Waals surface area contributed by atoms with Crippen LogP contribution in [0.2, 0.25) is 0 Å². The molecule has 7 heteroatoms. The van der Waals surface area contributed by atoms with Crippen molar-refractivity contribution in [1.29, 1.82) is 0 Å². The van der Waals surface area contributed by atoms with E-state index in [1.165, 1.54) is 10.6 Å². The van der Waals surface area contributed by atoms with E-state index in [2.05, 4.69) is 0 Å². The predicted molar refractivity (Wildman–Crippen MR) is 59.8 cm³/mol. The zero-order valence-corrected chi connectivity index (χ0v) is 9.95. The van der Waals surface area contributed by atoms with Crippen LogP contribution in [0.3, 0.4) is 0 Å². The van der Waals surface area contributed by atoms with E-state index in [1.807, 2.05) is 0 Å². The van der Waals surface area contributed by atoms with Crippen LogP contribution in [0.25, 0.3) is 0 Å². The van der Waals surface area contributed by atoms with Crippen molar-refractivity contribution < 1.29 is 17.9 Å². The molecule has 90 valence electrons. The van der Waals surface area contributed by atoms with Crippen molar-refractivity contribution in [2.45, 2.75) is 0 Å². The number of nitrogens with zero attached hydrogens (tertiary/aromatic N) is 1. The molecule has 0 aliphatic heterocycles. The molecule has 0 aromatic carbocycles. The highest BCUT2D eigenvalue weighted by atomic mass is 32.2. The average molecular weight is 246 g/mol. The van der Waals surface area contributed by atoms with E-state index in [4.69, 9.17) is 10.5 Å². The number of esters is 1. The van der Waals surface area contributed by atoms with Crippen molar-refractivity contribution in [1.82, 2.24) is 4.57 Å². The SMILES string of the molecule is Cn1cc(N)cc1C(=O)OCCS(C)(=O)=O.